The molecule has 0 saturated heterocycles. The number of aliphatic imine (C=N–C) groups is 1. The molecule has 0 aliphatic heterocycles. The maximum atomic E-state index is 6.02. The van der Waals surface area contributed by atoms with Gasteiger partial charge in [0.15, 0.2) is 0 Å². The van der Waals surface area contributed by atoms with Crippen molar-refractivity contribution in [1.82, 2.24) is 0 Å². The van der Waals surface area contributed by atoms with Gasteiger partial charge in [-0.15, -0.1) is 0 Å². The molecule has 2 aliphatic rings. The molecule has 0 amide bonds. The number of rotatable bonds is 5. The van der Waals surface area contributed by atoms with Crippen LogP contribution in [0.2, 0.25) is 0 Å². The summed E-state index contributed by atoms with van der Waals surface area (Å²) in [4.78, 5) is 4.56. The predicted molar refractivity (Wildman–Crippen MR) is 69.6 cm³/mol. The van der Waals surface area contributed by atoms with Gasteiger partial charge < -0.3 is 5.73 Å². The quantitative estimate of drug-likeness (QED) is 0.431. The number of hydrogen-bond acceptors (Lipinski definition) is 1. The van der Waals surface area contributed by atoms with Crippen LogP contribution in [-0.2, 0) is 0 Å². The van der Waals surface area contributed by atoms with E-state index in [1.807, 2.05) is 0 Å². The zero-order valence-electron chi connectivity index (χ0n) is 10.5. The molecule has 16 heavy (non-hydrogen) atoms. The first kappa shape index (κ1) is 11.9. The van der Waals surface area contributed by atoms with Crippen LogP contribution in [-0.4, -0.2) is 12.4 Å². The molecule has 0 spiro atoms. The summed E-state index contributed by atoms with van der Waals surface area (Å²) in [5, 5.41) is 0. The average molecular weight is 222 g/mol. The van der Waals surface area contributed by atoms with Gasteiger partial charge in [-0.05, 0) is 31.6 Å². The summed E-state index contributed by atoms with van der Waals surface area (Å²) in [7, 11) is 0. The molecular formula is C14H26N2. The van der Waals surface area contributed by atoms with Crippen LogP contribution in [0, 0.1) is 11.8 Å². The first-order valence-electron chi connectivity index (χ1n) is 7.16. The highest BCUT2D eigenvalue weighted by atomic mass is 14.9. The highest BCUT2D eigenvalue weighted by Gasteiger charge is 2.18. The van der Waals surface area contributed by atoms with Crippen LogP contribution in [0.25, 0.3) is 0 Å². The van der Waals surface area contributed by atoms with Crippen molar-refractivity contribution in [3.05, 3.63) is 0 Å². The van der Waals surface area contributed by atoms with Crippen LogP contribution in [0.4, 0.5) is 0 Å². The maximum Gasteiger partial charge on any atom is 0.0968 e. The van der Waals surface area contributed by atoms with Gasteiger partial charge in [-0.2, -0.15) is 0 Å². The highest BCUT2D eigenvalue weighted by molar-refractivity contribution is 5.83. The molecule has 2 rings (SSSR count). The Kier molecular flexibility index (Phi) is 4.68. The van der Waals surface area contributed by atoms with Gasteiger partial charge in [0, 0.05) is 12.5 Å². The molecule has 0 heterocycles. The molecule has 0 aromatic carbocycles. The zero-order valence-corrected chi connectivity index (χ0v) is 10.5. The number of hydrogen-bond donors (Lipinski definition) is 1. The fraction of sp³-hybridized carbons (Fsp3) is 0.929. The van der Waals surface area contributed by atoms with Crippen molar-refractivity contribution in [2.24, 2.45) is 22.6 Å². The van der Waals surface area contributed by atoms with E-state index in [1.165, 1.54) is 64.2 Å². The van der Waals surface area contributed by atoms with E-state index in [0.29, 0.717) is 5.92 Å². The first-order valence-corrected chi connectivity index (χ1v) is 7.16. The Morgan fingerprint density at radius 1 is 1.00 bits per heavy atom. The Morgan fingerprint density at radius 2 is 1.62 bits per heavy atom. The fourth-order valence-electron chi connectivity index (χ4n) is 3.24. The van der Waals surface area contributed by atoms with Gasteiger partial charge >= 0.3 is 0 Å². The third-order valence-corrected chi connectivity index (χ3v) is 4.31. The van der Waals surface area contributed by atoms with Crippen LogP contribution >= 0.6 is 0 Å². The molecule has 0 atom stereocenters. The minimum absolute atomic E-state index is 0.617. The Labute approximate surface area is 99.7 Å². The Bertz CT molecular complexity index is 223. The lowest BCUT2D eigenvalue weighted by atomic mass is 10.0. The molecule has 0 radical (unpaired) electrons. The molecule has 2 fully saturated rings. The molecule has 2 aliphatic carbocycles. The normalized spacial score (nSPS) is 24.4. The highest BCUT2D eigenvalue weighted by Crippen LogP contribution is 2.28. The van der Waals surface area contributed by atoms with E-state index >= 15 is 0 Å². The standard InChI is InChI=1S/C14H26N2/c15-14(13-9-3-4-10-13)16-11-5-8-12-6-1-2-7-12/h12-13H,1-11H2,(H2,15,16). The van der Waals surface area contributed by atoms with Gasteiger partial charge in [-0.3, -0.25) is 4.99 Å². The lowest BCUT2D eigenvalue weighted by molar-refractivity contribution is 0.487. The van der Waals surface area contributed by atoms with E-state index < -0.39 is 0 Å². The van der Waals surface area contributed by atoms with E-state index in [1.54, 1.807) is 0 Å². The van der Waals surface area contributed by atoms with Crippen LogP contribution in [0.5, 0.6) is 0 Å². The van der Waals surface area contributed by atoms with E-state index in [-0.39, 0.29) is 0 Å². The summed E-state index contributed by atoms with van der Waals surface area (Å²) in [5.41, 5.74) is 6.02. The van der Waals surface area contributed by atoms with Gasteiger partial charge in [0.05, 0.1) is 5.84 Å². The summed E-state index contributed by atoms with van der Waals surface area (Å²) in [6, 6.07) is 0. The van der Waals surface area contributed by atoms with Gasteiger partial charge in [-0.1, -0.05) is 38.5 Å². The molecular weight excluding hydrogens is 196 g/mol. The summed E-state index contributed by atoms with van der Waals surface area (Å²) in [6.45, 7) is 0.971. The molecule has 0 unspecified atom stereocenters. The number of nitrogens with two attached hydrogens (primary N) is 1. The third kappa shape index (κ3) is 3.50. The zero-order chi connectivity index (χ0) is 11.2. The summed E-state index contributed by atoms with van der Waals surface area (Å²) >= 11 is 0. The third-order valence-electron chi connectivity index (χ3n) is 4.31. The van der Waals surface area contributed by atoms with Gasteiger partial charge in [0.1, 0.15) is 0 Å². The maximum absolute atomic E-state index is 6.02. The van der Waals surface area contributed by atoms with Crippen LogP contribution in [0.1, 0.15) is 64.2 Å². The minimum Gasteiger partial charge on any atom is -0.387 e. The summed E-state index contributed by atoms with van der Waals surface area (Å²) < 4.78 is 0. The minimum atomic E-state index is 0.617. The van der Waals surface area contributed by atoms with E-state index in [9.17, 15) is 0 Å². The second-order valence-corrected chi connectivity index (χ2v) is 5.58. The van der Waals surface area contributed by atoms with Crippen molar-refractivity contribution in [3.63, 3.8) is 0 Å². The predicted octanol–water partition coefficient (Wildman–Crippen LogP) is 3.50. The largest absolute Gasteiger partial charge is 0.387 e. The number of nitrogens with zero attached hydrogens (tertiary/aromatic N) is 1. The van der Waals surface area contributed by atoms with E-state index in [2.05, 4.69) is 4.99 Å². The fourth-order valence-corrected chi connectivity index (χ4v) is 3.24. The van der Waals surface area contributed by atoms with Crippen molar-refractivity contribution < 1.29 is 0 Å². The van der Waals surface area contributed by atoms with Gasteiger partial charge in [0.25, 0.3) is 0 Å². The second-order valence-electron chi connectivity index (χ2n) is 5.58. The van der Waals surface area contributed by atoms with Crippen molar-refractivity contribution >= 4 is 5.84 Å². The van der Waals surface area contributed by atoms with Crippen LogP contribution in [0.3, 0.4) is 0 Å². The monoisotopic (exact) mass is 222 g/mol. The number of amidine groups is 1. The smallest absolute Gasteiger partial charge is 0.0968 e. The molecule has 0 bridgehead atoms. The molecule has 2 N–H and O–H groups in total. The van der Waals surface area contributed by atoms with Crippen LogP contribution < -0.4 is 5.73 Å². The van der Waals surface area contributed by atoms with Gasteiger partial charge in [0.2, 0.25) is 0 Å². The Hall–Kier alpha value is -0.530. The van der Waals surface area contributed by atoms with Gasteiger partial charge in [-0.25, -0.2) is 0 Å². The molecule has 0 aromatic rings. The van der Waals surface area contributed by atoms with Crippen molar-refractivity contribution in [3.8, 4) is 0 Å². The second kappa shape index (κ2) is 6.27. The van der Waals surface area contributed by atoms with E-state index in [0.717, 1.165) is 18.3 Å². The first-order chi connectivity index (χ1) is 7.86. The summed E-state index contributed by atoms with van der Waals surface area (Å²) in [6.07, 6.45) is 13.7. The Morgan fingerprint density at radius 3 is 2.31 bits per heavy atom. The van der Waals surface area contributed by atoms with E-state index in [4.69, 9.17) is 5.73 Å². The molecule has 0 aromatic heterocycles. The molecule has 92 valence electrons. The lowest BCUT2D eigenvalue weighted by Gasteiger charge is -2.09. The molecule has 2 heteroatoms. The summed E-state index contributed by atoms with van der Waals surface area (Å²) in [5.74, 6) is 2.57. The lowest BCUT2D eigenvalue weighted by Crippen LogP contribution is -2.21. The van der Waals surface area contributed by atoms with Crippen LogP contribution in [0.15, 0.2) is 4.99 Å². The van der Waals surface area contributed by atoms with Crippen molar-refractivity contribution in [2.75, 3.05) is 6.54 Å². The topological polar surface area (TPSA) is 38.4 Å². The SMILES string of the molecule is NC(=NCCCC1CCCC1)C1CCCC1. The van der Waals surface area contributed by atoms with Crippen molar-refractivity contribution in [2.45, 2.75) is 64.2 Å². The molecule has 2 nitrogen and oxygen atoms in total. The average Bonchev–Trinajstić information content (AvgIpc) is 2.96. The van der Waals surface area contributed by atoms with Crippen molar-refractivity contribution in [1.29, 1.82) is 0 Å². The molecule has 2 saturated carbocycles. The Balaban J connectivity index is 1.60.